The summed E-state index contributed by atoms with van der Waals surface area (Å²) in [7, 11) is 0. The Hall–Kier alpha value is -1.65. The molecule has 0 spiro atoms. The van der Waals surface area contributed by atoms with Gasteiger partial charge in [0.15, 0.2) is 11.6 Å². The highest BCUT2D eigenvalue weighted by atomic mass is 19.2. The molecule has 1 aliphatic rings. The lowest BCUT2D eigenvalue weighted by Gasteiger charge is -2.15. The second-order valence-electron chi connectivity index (χ2n) is 5.14. The number of rotatable bonds is 1. The summed E-state index contributed by atoms with van der Waals surface area (Å²) >= 11 is 0. The molecule has 96 valence electrons. The number of imidazole rings is 1. The van der Waals surface area contributed by atoms with Crippen molar-refractivity contribution in [3.63, 3.8) is 0 Å². The highest BCUT2D eigenvalue weighted by molar-refractivity contribution is 5.79. The molecule has 1 fully saturated rings. The molecular formula is C13H15F2N3. The highest BCUT2D eigenvalue weighted by Gasteiger charge is 2.27. The first-order valence-corrected chi connectivity index (χ1v) is 6.19. The van der Waals surface area contributed by atoms with E-state index in [9.17, 15) is 8.78 Å². The van der Waals surface area contributed by atoms with Crippen molar-refractivity contribution in [2.45, 2.75) is 32.2 Å². The predicted octanol–water partition coefficient (Wildman–Crippen LogP) is 3.26. The molecule has 0 radical (unpaired) electrons. The zero-order valence-corrected chi connectivity index (χ0v) is 10.2. The molecule has 1 heterocycles. The Morgan fingerprint density at radius 2 is 2.11 bits per heavy atom. The predicted molar refractivity (Wildman–Crippen MR) is 66.1 cm³/mol. The third kappa shape index (κ3) is 1.57. The SMILES string of the molecule is CC1CCC(n2c(N)nc3ccc(F)c(F)c32)C1. The second kappa shape index (κ2) is 3.93. The number of hydrogen-bond donors (Lipinski definition) is 1. The molecule has 0 amide bonds. The topological polar surface area (TPSA) is 43.8 Å². The molecule has 1 aliphatic carbocycles. The molecule has 2 N–H and O–H groups in total. The van der Waals surface area contributed by atoms with Crippen LogP contribution < -0.4 is 5.73 Å². The number of aromatic nitrogens is 2. The Kier molecular flexibility index (Phi) is 2.50. The van der Waals surface area contributed by atoms with Crippen LogP contribution in [0.1, 0.15) is 32.2 Å². The van der Waals surface area contributed by atoms with Crippen molar-refractivity contribution in [3.8, 4) is 0 Å². The maximum absolute atomic E-state index is 13.9. The third-order valence-electron chi connectivity index (χ3n) is 3.80. The van der Waals surface area contributed by atoms with Gasteiger partial charge in [-0.3, -0.25) is 0 Å². The summed E-state index contributed by atoms with van der Waals surface area (Å²) in [4.78, 5) is 4.12. The average Bonchev–Trinajstić information content (AvgIpc) is 2.87. The molecule has 3 nitrogen and oxygen atoms in total. The van der Waals surface area contributed by atoms with Crippen LogP contribution in [0.15, 0.2) is 12.1 Å². The number of anilines is 1. The molecule has 2 aromatic rings. The summed E-state index contributed by atoms with van der Waals surface area (Å²) in [6.07, 6.45) is 2.96. The molecule has 1 saturated carbocycles. The van der Waals surface area contributed by atoms with Crippen molar-refractivity contribution >= 4 is 17.0 Å². The molecule has 18 heavy (non-hydrogen) atoms. The van der Waals surface area contributed by atoms with Gasteiger partial charge in [0.05, 0.1) is 5.52 Å². The van der Waals surface area contributed by atoms with Gasteiger partial charge in [-0.1, -0.05) is 6.92 Å². The zero-order valence-electron chi connectivity index (χ0n) is 10.2. The van der Waals surface area contributed by atoms with Crippen molar-refractivity contribution in [1.29, 1.82) is 0 Å². The summed E-state index contributed by atoms with van der Waals surface area (Å²) in [6, 6.07) is 2.69. The molecular weight excluding hydrogens is 236 g/mol. The van der Waals surface area contributed by atoms with E-state index in [1.54, 1.807) is 4.57 Å². The van der Waals surface area contributed by atoms with E-state index >= 15 is 0 Å². The average molecular weight is 251 g/mol. The van der Waals surface area contributed by atoms with Gasteiger partial charge in [0.1, 0.15) is 5.52 Å². The van der Waals surface area contributed by atoms with E-state index in [2.05, 4.69) is 11.9 Å². The Balaban J connectivity index is 2.21. The molecule has 1 aromatic heterocycles. The van der Waals surface area contributed by atoms with Gasteiger partial charge in [-0.2, -0.15) is 0 Å². The quantitative estimate of drug-likeness (QED) is 0.845. The maximum Gasteiger partial charge on any atom is 0.201 e. The number of fused-ring (bicyclic) bond motifs is 1. The fraction of sp³-hybridized carbons (Fsp3) is 0.462. The van der Waals surface area contributed by atoms with Crippen molar-refractivity contribution in [1.82, 2.24) is 9.55 Å². The maximum atomic E-state index is 13.9. The van der Waals surface area contributed by atoms with E-state index < -0.39 is 11.6 Å². The van der Waals surface area contributed by atoms with Crippen molar-refractivity contribution in [3.05, 3.63) is 23.8 Å². The van der Waals surface area contributed by atoms with E-state index in [1.165, 1.54) is 6.07 Å². The normalized spacial score (nSPS) is 23.9. The molecule has 0 aliphatic heterocycles. The largest absolute Gasteiger partial charge is 0.369 e. The Labute approximate surface area is 104 Å². The van der Waals surface area contributed by atoms with Gasteiger partial charge in [0.25, 0.3) is 0 Å². The van der Waals surface area contributed by atoms with Gasteiger partial charge >= 0.3 is 0 Å². The first kappa shape index (κ1) is 11.4. The Morgan fingerprint density at radius 3 is 2.78 bits per heavy atom. The molecule has 0 bridgehead atoms. The number of halogens is 2. The third-order valence-corrected chi connectivity index (χ3v) is 3.80. The van der Waals surface area contributed by atoms with Gasteiger partial charge < -0.3 is 10.3 Å². The van der Waals surface area contributed by atoms with E-state index in [-0.39, 0.29) is 17.5 Å². The van der Waals surface area contributed by atoms with E-state index in [4.69, 9.17) is 5.73 Å². The van der Waals surface area contributed by atoms with Gasteiger partial charge in [0.2, 0.25) is 5.95 Å². The van der Waals surface area contributed by atoms with Crippen LogP contribution in [0.4, 0.5) is 14.7 Å². The summed E-state index contributed by atoms with van der Waals surface area (Å²) in [5.74, 6) is -0.844. The van der Waals surface area contributed by atoms with Gasteiger partial charge in [-0.15, -0.1) is 0 Å². The number of hydrogen-bond acceptors (Lipinski definition) is 2. The lowest BCUT2D eigenvalue weighted by atomic mass is 10.1. The van der Waals surface area contributed by atoms with E-state index in [0.29, 0.717) is 11.4 Å². The molecule has 1 aromatic carbocycles. The standard InChI is InChI=1S/C13H15F2N3/c1-7-2-3-8(6-7)18-12-10(17-13(18)16)5-4-9(14)11(12)15/h4-5,7-8H,2-3,6H2,1H3,(H2,16,17). The van der Waals surface area contributed by atoms with Crippen LogP contribution in [0.3, 0.4) is 0 Å². The van der Waals surface area contributed by atoms with Gasteiger partial charge in [0, 0.05) is 6.04 Å². The summed E-state index contributed by atoms with van der Waals surface area (Å²) in [5.41, 5.74) is 6.48. The van der Waals surface area contributed by atoms with Crippen molar-refractivity contribution in [2.75, 3.05) is 5.73 Å². The Bertz CT molecular complexity index is 606. The molecule has 5 heteroatoms. The Morgan fingerprint density at radius 1 is 1.33 bits per heavy atom. The summed E-state index contributed by atoms with van der Waals surface area (Å²) < 4.78 is 28.9. The lowest BCUT2D eigenvalue weighted by Crippen LogP contribution is -2.10. The van der Waals surface area contributed by atoms with Crippen LogP contribution in [-0.4, -0.2) is 9.55 Å². The molecule has 2 unspecified atom stereocenters. The first-order chi connectivity index (χ1) is 8.58. The summed E-state index contributed by atoms with van der Waals surface area (Å²) in [5, 5.41) is 0. The van der Waals surface area contributed by atoms with Crippen LogP contribution in [0.25, 0.3) is 11.0 Å². The number of nitrogens with two attached hydrogens (primary N) is 1. The van der Waals surface area contributed by atoms with Crippen LogP contribution >= 0.6 is 0 Å². The minimum absolute atomic E-state index is 0.126. The number of nitrogen functional groups attached to an aromatic ring is 1. The fourth-order valence-electron chi connectivity index (χ4n) is 2.92. The monoisotopic (exact) mass is 251 g/mol. The van der Waals surface area contributed by atoms with Crippen molar-refractivity contribution < 1.29 is 8.78 Å². The van der Waals surface area contributed by atoms with Crippen LogP contribution in [0.2, 0.25) is 0 Å². The molecule has 2 atom stereocenters. The summed E-state index contributed by atoms with van der Waals surface area (Å²) in [6.45, 7) is 2.16. The van der Waals surface area contributed by atoms with Crippen LogP contribution in [-0.2, 0) is 0 Å². The van der Waals surface area contributed by atoms with Crippen molar-refractivity contribution in [2.24, 2.45) is 5.92 Å². The minimum atomic E-state index is -0.852. The molecule has 3 rings (SSSR count). The zero-order chi connectivity index (χ0) is 12.9. The number of nitrogens with zero attached hydrogens (tertiary/aromatic N) is 2. The van der Waals surface area contributed by atoms with E-state index in [0.717, 1.165) is 25.3 Å². The minimum Gasteiger partial charge on any atom is -0.369 e. The van der Waals surface area contributed by atoms with Gasteiger partial charge in [-0.25, -0.2) is 13.8 Å². The smallest absolute Gasteiger partial charge is 0.201 e. The highest BCUT2D eigenvalue weighted by Crippen LogP contribution is 2.38. The van der Waals surface area contributed by atoms with Gasteiger partial charge in [-0.05, 0) is 37.3 Å². The fourth-order valence-corrected chi connectivity index (χ4v) is 2.92. The van der Waals surface area contributed by atoms with Crippen LogP contribution in [0, 0.1) is 17.6 Å². The second-order valence-corrected chi connectivity index (χ2v) is 5.14. The first-order valence-electron chi connectivity index (χ1n) is 6.19. The molecule has 0 saturated heterocycles. The number of benzene rings is 1. The van der Waals surface area contributed by atoms with Crippen LogP contribution in [0.5, 0.6) is 0 Å². The lowest BCUT2D eigenvalue weighted by molar-refractivity contribution is 0.485. The van der Waals surface area contributed by atoms with E-state index in [1.807, 2.05) is 0 Å².